The van der Waals surface area contributed by atoms with E-state index in [1.54, 1.807) is 42.2 Å². The molecule has 5 heteroatoms. The summed E-state index contributed by atoms with van der Waals surface area (Å²) in [6.07, 6.45) is 0. The van der Waals surface area contributed by atoms with Crippen LogP contribution in [0.1, 0.15) is 18.5 Å². The number of aliphatic hydroxyl groups excluding tert-OH is 1. The number of aliphatic hydroxyl groups is 1. The third-order valence-electron chi connectivity index (χ3n) is 3.48. The molecule has 5 nitrogen and oxygen atoms in total. The highest BCUT2D eigenvalue weighted by atomic mass is 16.3. The zero-order chi connectivity index (χ0) is 15.4. The second-order valence-corrected chi connectivity index (χ2v) is 4.79. The highest BCUT2D eigenvalue weighted by Gasteiger charge is 2.23. The van der Waals surface area contributed by atoms with Crippen molar-refractivity contribution in [2.75, 3.05) is 18.1 Å². The fourth-order valence-electron chi connectivity index (χ4n) is 2.46. The molecule has 0 fully saturated rings. The van der Waals surface area contributed by atoms with E-state index in [1.807, 2.05) is 0 Å². The van der Waals surface area contributed by atoms with Crippen molar-refractivity contribution in [1.29, 1.82) is 0 Å². The Morgan fingerprint density at radius 3 is 2.05 bits per heavy atom. The van der Waals surface area contributed by atoms with E-state index < -0.39 is 6.04 Å². The number of hydrogen-bond acceptors (Lipinski definition) is 5. The maximum atomic E-state index is 9.99. The monoisotopic (exact) mass is 289 g/mol. The van der Waals surface area contributed by atoms with Crippen LogP contribution in [0.3, 0.4) is 0 Å². The quantitative estimate of drug-likeness (QED) is 0.679. The number of anilines is 1. The van der Waals surface area contributed by atoms with Crippen LogP contribution in [0.5, 0.6) is 17.2 Å². The van der Waals surface area contributed by atoms with Crippen molar-refractivity contribution in [1.82, 2.24) is 0 Å². The molecule has 0 spiro atoms. The van der Waals surface area contributed by atoms with Crippen molar-refractivity contribution in [3.63, 3.8) is 0 Å². The molecule has 112 valence electrons. The van der Waals surface area contributed by atoms with Gasteiger partial charge in [-0.3, -0.25) is 0 Å². The van der Waals surface area contributed by atoms with E-state index in [2.05, 4.69) is 0 Å². The summed E-state index contributed by atoms with van der Waals surface area (Å²) in [6, 6.07) is 10.9. The molecule has 0 aliphatic carbocycles. The largest absolute Gasteiger partial charge is 0.507 e. The van der Waals surface area contributed by atoms with Crippen molar-refractivity contribution in [2.45, 2.75) is 13.0 Å². The van der Waals surface area contributed by atoms with Gasteiger partial charge in [-0.15, -0.1) is 0 Å². The van der Waals surface area contributed by atoms with Gasteiger partial charge in [-0.2, -0.15) is 0 Å². The first-order valence-electron chi connectivity index (χ1n) is 6.72. The van der Waals surface area contributed by atoms with Gasteiger partial charge in [0.25, 0.3) is 0 Å². The SMILES string of the molecule is CC(c1c(O)cccc1O)N(CCO)c1ccccc1O. The van der Waals surface area contributed by atoms with Gasteiger partial charge in [-0.1, -0.05) is 18.2 Å². The van der Waals surface area contributed by atoms with E-state index in [0.717, 1.165) is 0 Å². The number of benzene rings is 2. The minimum Gasteiger partial charge on any atom is -0.507 e. The Morgan fingerprint density at radius 2 is 1.48 bits per heavy atom. The van der Waals surface area contributed by atoms with E-state index in [0.29, 0.717) is 11.3 Å². The second-order valence-electron chi connectivity index (χ2n) is 4.79. The topological polar surface area (TPSA) is 84.2 Å². The third kappa shape index (κ3) is 3.03. The lowest BCUT2D eigenvalue weighted by molar-refractivity contribution is 0.296. The molecule has 2 aromatic carbocycles. The standard InChI is InChI=1S/C16H19NO4/c1-11(16-14(20)7-4-8-15(16)21)17(9-10-18)12-5-2-3-6-13(12)19/h2-8,11,18-21H,9-10H2,1H3. The molecule has 0 aromatic heterocycles. The summed E-state index contributed by atoms with van der Waals surface area (Å²) in [6.45, 7) is 1.93. The number of nitrogens with zero attached hydrogens (tertiary/aromatic N) is 1. The molecule has 0 heterocycles. The summed E-state index contributed by atoms with van der Waals surface area (Å²) in [4.78, 5) is 1.73. The first kappa shape index (κ1) is 15.0. The summed E-state index contributed by atoms with van der Waals surface area (Å²) in [5.74, 6) is 0.0226. The summed E-state index contributed by atoms with van der Waals surface area (Å²) in [7, 11) is 0. The zero-order valence-corrected chi connectivity index (χ0v) is 11.8. The number of rotatable bonds is 5. The summed E-state index contributed by atoms with van der Waals surface area (Å²) >= 11 is 0. The van der Waals surface area contributed by atoms with Gasteiger partial charge in [-0.05, 0) is 31.2 Å². The predicted molar refractivity (Wildman–Crippen MR) is 80.7 cm³/mol. The van der Waals surface area contributed by atoms with Crippen LogP contribution in [0.25, 0.3) is 0 Å². The van der Waals surface area contributed by atoms with Gasteiger partial charge < -0.3 is 25.3 Å². The van der Waals surface area contributed by atoms with Crippen LogP contribution < -0.4 is 4.90 Å². The van der Waals surface area contributed by atoms with Crippen molar-refractivity contribution in [3.05, 3.63) is 48.0 Å². The molecular formula is C16H19NO4. The average Bonchev–Trinajstić information content (AvgIpc) is 2.45. The normalized spacial score (nSPS) is 12.1. The number of para-hydroxylation sites is 2. The Labute approximate surface area is 123 Å². The molecule has 1 unspecified atom stereocenters. The molecule has 0 aliphatic heterocycles. The zero-order valence-electron chi connectivity index (χ0n) is 11.8. The highest BCUT2D eigenvalue weighted by Crippen LogP contribution is 2.39. The van der Waals surface area contributed by atoms with Crippen LogP contribution in [0.4, 0.5) is 5.69 Å². The Morgan fingerprint density at radius 1 is 0.905 bits per heavy atom. The van der Waals surface area contributed by atoms with Crippen molar-refractivity contribution >= 4 is 5.69 Å². The second kappa shape index (κ2) is 6.37. The van der Waals surface area contributed by atoms with Gasteiger partial charge in [0, 0.05) is 6.54 Å². The molecular weight excluding hydrogens is 270 g/mol. The van der Waals surface area contributed by atoms with E-state index in [1.165, 1.54) is 12.1 Å². The van der Waals surface area contributed by atoms with Crippen LogP contribution >= 0.6 is 0 Å². The van der Waals surface area contributed by atoms with Crippen LogP contribution in [0.15, 0.2) is 42.5 Å². The van der Waals surface area contributed by atoms with E-state index in [9.17, 15) is 20.4 Å². The lowest BCUT2D eigenvalue weighted by Gasteiger charge is -2.32. The molecule has 4 N–H and O–H groups in total. The molecule has 1 atom stereocenters. The van der Waals surface area contributed by atoms with Gasteiger partial charge in [-0.25, -0.2) is 0 Å². The predicted octanol–water partition coefficient (Wildman–Crippen LogP) is 2.36. The Balaban J connectivity index is 2.45. The van der Waals surface area contributed by atoms with E-state index in [4.69, 9.17) is 0 Å². The highest BCUT2D eigenvalue weighted by molar-refractivity contribution is 5.60. The number of aromatic hydroxyl groups is 3. The number of phenolic OH excluding ortho intramolecular Hbond substituents is 3. The maximum Gasteiger partial charge on any atom is 0.138 e. The molecule has 2 rings (SSSR count). The minimum atomic E-state index is -0.424. The minimum absolute atomic E-state index is 0.0270. The van der Waals surface area contributed by atoms with Gasteiger partial charge in [0.2, 0.25) is 0 Å². The molecule has 0 radical (unpaired) electrons. The maximum absolute atomic E-state index is 9.99. The Bertz CT molecular complexity index is 595. The lowest BCUT2D eigenvalue weighted by Crippen LogP contribution is -2.30. The van der Waals surface area contributed by atoms with Crippen molar-refractivity contribution in [3.8, 4) is 17.2 Å². The molecule has 0 amide bonds. The Kier molecular flexibility index (Phi) is 4.55. The molecule has 0 saturated carbocycles. The fourth-order valence-corrected chi connectivity index (χ4v) is 2.46. The first-order valence-corrected chi connectivity index (χ1v) is 6.72. The van der Waals surface area contributed by atoms with Crippen LogP contribution in [0.2, 0.25) is 0 Å². The summed E-state index contributed by atoms with van der Waals surface area (Å²) < 4.78 is 0. The van der Waals surface area contributed by atoms with E-state index >= 15 is 0 Å². The lowest BCUT2D eigenvalue weighted by atomic mass is 10.0. The summed E-state index contributed by atoms with van der Waals surface area (Å²) in [5.41, 5.74) is 0.885. The van der Waals surface area contributed by atoms with Gasteiger partial charge in [0.1, 0.15) is 17.2 Å². The number of phenols is 3. The van der Waals surface area contributed by atoms with Crippen LogP contribution in [0, 0.1) is 0 Å². The molecule has 0 aliphatic rings. The number of hydrogen-bond donors (Lipinski definition) is 4. The van der Waals surface area contributed by atoms with Gasteiger partial charge >= 0.3 is 0 Å². The summed E-state index contributed by atoms with van der Waals surface area (Å²) in [5, 5.41) is 39.2. The third-order valence-corrected chi connectivity index (χ3v) is 3.48. The first-order chi connectivity index (χ1) is 10.1. The van der Waals surface area contributed by atoms with E-state index in [-0.39, 0.29) is 30.4 Å². The molecule has 0 saturated heterocycles. The van der Waals surface area contributed by atoms with Gasteiger partial charge in [0.05, 0.1) is 23.9 Å². The van der Waals surface area contributed by atoms with Crippen molar-refractivity contribution in [2.24, 2.45) is 0 Å². The smallest absolute Gasteiger partial charge is 0.138 e. The van der Waals surface area contributed by atoms with Crippen LogP contribution in [-0.2, 0) is 0 Å². The molecule has 21 heavy (non-hydrogen) atoms. The fraction of sp³-hybridized carbons (Fsp3) is 0.250. The Hall–Kier alpha value is -2.40. The average molecular weight is 289 g/mol. The van der Waals surface area contributed by atoms with Gasteiger partial charge in [0.15, 0.2) is 0 Å². The molecule has 2 aromatic rings. The van der Waals surface area contributed by atoms with Crippen LogP contribution in [-0.4, -0.2) is 33.6 Å². The van der Waals surface area contributed by atoms with Crippen molar-refractivity contribution < 1.29 is 20.4 Å². The molecule has 0 bridgehead atoms.